The zero-order valence-electron chi connectivity index (χ0n) is 10.4. The van der Waals surface area contributed by atoms with E-state index in [-0.39, 0.29) is 12.6 Å². The first-order valence-corrected chi connectivity index (χ1v) is 6.04. The van der Waals surface area contributed by atoms with Crippen LogP contribution in [0.2, 0.25) is 0 Å². The second-order valence-electron chi connectivity index (χ2n) is 4.42. The molecule has 1 aromatic rings. The quantitative estimate of drug-likeness (QED) is 0.806. The minimum atomic E-state index is -0.931. The lowest BCUT2D eigenvalue weighted by Gasteiger charge is -2.22. The molecule has 0 aliphatic carbocycles. The Morgan fingerprint density at radius 1 is 1.63 bits per heavy atom. The van der Waals surface area contributed by atoms with Gasteiger partial charge in [-0.1, -0.05) is 6.07 Å². The Kier molecular flexibility index (Phi) is 3.76. The highest BCUT2D eigenvalue weighted by atomic mass is 16.5. The highest BCUT2D eigenvalue weighted by molar-refractivity contribution is 5.66. The molecule has 1 atom stereocenters. The molecule has 1 fully saturated rings. The van der Waals surface area contributed by atoms with Gasteiger partial charge in [-0.3, -0.25) is 0 Å². The smallest absolute Gasteiger partial charge is 0.407 e. The second kappa shape index (κ2) is 5.48. The Labute approximate surface area is 111 Å². The van der Waals surface area contributed by atoms with E-state index in [1.54, 1.807) is 18.2 Å². The van der Waals surface area contributed by atoms with Crippen LogP contribution in [0.3, 0.4) is 0 Å². The van der Waals surface area contributed by atoms with E-state index in [0.29, 0.717) is 23.5 Å². The predicted octanol–water partition coefficient (Wildman–Crippen LogP) is 1.66. The maximum atomic E-state index is 11.0. The first-order valence-electron chi connectivity index (χ1n) is 6.04. The number of ether oxygens (including phenoxy) is 1. The SMILES string of the molecule is N#Cc1c(N)cccc1OC[C@@H]1CCCN1C(=O)O. The summed E-state index contributed by atoms with van der Waals surface area (Å²) in [6.45, 7) is 0.774. The van der Waals surface area contributed by atoms with Crippen molar-refractivity contribution < 1.29 is 14.6 Å². The standard InChI is InChI=1S/C13H15N3O3/c14-7-10-11(15)4-1-5-12(10)19-8-9-3-2-6-16(9)13(17)18/h1,4-5,9H,2-3,6,8,15H2,(H,17,18)/t9-/m0/s1. The molecule has 1 aliphatic heterocycles. The molecule has 0 bridgehead atoms. The van der Waals surface area contributed by atoms with Gasteiger partial charge in [0.15, 0.2) is 0 Å². The Bertz CT molecular complexity index is 524. The summed E-state index contributed by atoms with van der Waals surface area (Å²) < 4.78 is 5.57. The van der Waals surface area contributed by atoms with E-state index in [9.17, 15) is 4.79 Å². The number of carboxylic acid groups (broad SMARTS) is 1. The van der Waals surface area contributed by atoms with Gasteiger partial charge in [0.25, 0.3) is 0 Å². The lowest BCUT2D eigenvalue weighted by Crippen LogP contribution is -2.38. The molecule has 1 aliphatic rings. The van der Waals surface area contributed by atoms with Crippen molar-refractivity contribution in [2.45, 2.75) is 18.9 Å². The fraction of sp³-hybridized carbons (Fsp3) is 0.385. The average molecular weight is 261 g/mol. The van der Waals surface area contributed by atoms with Crippen LogP contribution in [0.1, 0.15) is 18.4 Å². The Balaban J connectivity index is 2.05. The minimum Gasteiger partial charge on any atom is -0.490 e. The van der Waals surface area contributed by atoms with Gasteiger partial charge in [-0.2, -0.15) is 5.26 Å². The number of nitrogens with zero attached hydrogens (tertiary/aromatic N) is 2. The summed E-state index contributed by atoms with van der Waals surface area (Å²) in [5.74, 6) is 0.403. The molecule has 0 radical (unpaired) electrons. The van der Waals surface area contributed by atoms with Crippen LogP contribution in [0, 0.1) is 11.3 Å². The van der Waals surface area contributed by atoms with E-state index >= 15 is 0 Å². The van der Waals surface area contributed by atoms with Crippen molar-refractivity contribution in [1.82, 2.24) is 4.90 Å². The number of amides is 1. The van der Waals surface area contributed by atoms with Crippen LogP contribution in [0.5, 0.6) is 5.75 Å². The van der Waals surface area contributed by atoms with Crippen LogP contribution in [0.25, 0.3) is 0 Å². The Morgan fingerprint density at radius 3 is 3.11 bits per heavy atom. The summed E-state index contributed by atoms with van der Waals surface area (Å²) in [5.41, 5.74) is 6.34. The summed E-state index contributed by atoms with van der Waals surface area (Å²) in [6.07, 6.45) is 0.679. The molecule has 1 heterocycles. The third-order valence-electron chi connectivity index (χ3n) is 3.22. The lowest BCUT2D eigenvalue weighted by molar-refractivity contribution is 0.123. The van der Waals surface area contributed by atoms with E-state index in [1.807, 2.05) is 6.07 Å². The molecule has 1 saturated heterocycles. The fourth-order valence-electron chi connectivity index (χ4n) is 2.23. The number of nitrogens with two attached hydrogens (primary N) is 1. The maximum Gasteiger partial charge on any atom is 0.407 e. The molecule has 1 amide bonds. The maximum absolute atomic E-state index is 11.0. The molecule has 1 aromatic carbocycles. The van der Waals surface area contributed by atoms with Gasteiger partial charge in [0, 0.05) is 6.54 Å². The molecule has 19 heavy (non-hydrogen) atoms. The van der Waals surface area contributed by atoms with Crippen LogP contribution in [-0.4, -0.2) is 35.3 Å². The van der Waals surface area contributed by atoms with Crippen molar-refractivity contribution in [2.24, 2.45) is 0 Å². The van der Waals surface area contributed by atoms with E-state index in [1.165, 1.54) is 4.90 Å². The first kappa shape index (κ1) is 13.0. The molecule has 6 heteroatoms. The van der Waals surface area contributed by atoms with Gasteiger partial charge in [-0.05, 0) is 25.0 Å². The fourth-order valence-corrected chi connectivity index (χ4v) is 2.23. The predicted molar refractivity (Wildman–Crippen MR) is 68.8 cm³/mol. The molecular formula is C13H15N3O3. The molecule has 0 spiro atoms. The van der Waals surface area contributed by atoms with Crippen LogP contribution in [0.15, 0.2) is 18.2 Å². The molecular weight excluding hydrogens is 246 g/mol. The number of rotatable bonds is 3. The molecule has 0 unspecified atom stereocenters. The minimum absolute atomic E-state index is 0.162. The van der Waals surface area contributed by atoms with Crippen molar-refractivity contribution >= 4 is 11.8 Å². The van der Waals surface area contributed by atoms with E-state index in [2.05, 4.69) is 0 Å². The van der Waals surface area contributed by atoms with Gasteiger partial charge in [0.1, 0.15) is 24.0 Å². The Morgan fingerprint density at radius 2 is 2.42 bits per heavy atom. The van der Waals surface area contributed by atoms with E-state index in [4.69, 9.17) is 20.8 Å². The molecule has 0 saturated carbocycles. The molecule has 0 aromatic heterocycles. The summed E-state index contributed by atoms with van der Waals surface area (Å²) in [5, 5.41) is 18.0. The normalized spacial score (nSPS) is 18.1. The average Bonchev–Trinajstić information content (AvgIpc) is 2.84. The van der Waals surface area contributed by atoms with Crippen LogP contribution in [0.4, 0.5) is 10.5 Å². The summed E-state index contributed by atoms with van der Waals surface area (Å²) in [4.78, 5) is 12.4. The van der Waals surface area contributed by atoms with Crippen molar-refractivity contribution in [3.8, 4) is 11.8 Å². The lowest BCUT2D eigenvalue weighted by atomic mass is 10.2. The van der Waals surface area contributed by atoms with Crippen molar-refractivity contribution in [3.63, 3.8) is 0 Å². The number of nitriles is 1. The largest absolute Gasteiger partial charge is 0.490 e. The third kappa shape index (κ3) is 2.71. The van der Waals surface area contributed by atoms with Gasteiger partial charge in [-0.15, -0.1) is 0 Å². The third-order valence-corrected chi connectivity index (χ3v) is 3.22. The van der Waals surface area contributed by atoms with Gasteiger partial charge in [0.05, 0.1) is 11.7 Å². The number of anilines is 1. The van der Waals surface area contributed by atoms with Gasteiger partial charge < -0.3 is 20.5 Å². The van der Waals surface area contributed by atoms with E-state index < -0.39 is 6.09 Å². The van der Waals surface area contributed by atoms with Crippen LogP contribution in [-0.2, 0) is 0 Å². The van der Waals surface area contributed by atoms with Gasteiger partial charge in [-0.25, -0.2) is 4.79 Å². The number of hydrogen-bond donors (Lipinski definition) is 2. The van der Waals surface area contributed by atoms with Crippen molar-refractivity contribution in [1.29, 1.82) is 5.26 Å². The molecule has 6 nitrogen and oxygen atoms in total. The molecule has 100 valence electrons. The monoisotopic (exact) mass is 261 g/mol. The van der Waals surface area contributed by atoms with Crippen molar-refractivity contribution in [3.05, 3.63) is 23.8 Å². The van der Waals surface area contributed by atoms with Crippen LogP contribution >= 0.6 is 0 Å². The Hall–Kier alpha value is -2.42. The van der Waals surface area contributed by atoms with Gasteiger partial charge in [0.2, 0.25) is 0 Å². The summed E-state index contributed by atoms with van der Waals surface area (Å²) in [6, 6.07) is 6.83. The number of nitrogen functional groups attached to an aromatic ring is 1. The first-order chi connectivity index (χ1) is 9.13. The highest BCUT2D eigenvalue weighted by Gasteiger charge is 2.29. The number of likely N-dealkylation sites (tertiary alicyclic amines) is 1. The molecule has 2 rings (SSSR count). The van der Waals surface area contributed by atoms with E-state index in [0.717, 1.165) is 12.8 Å². The topological polar surface area (TPSA) is 99.6 Å². The zero-order valence-corrected chi connectivity index (χ0v) is 10.4. The number of hydrogen-bond acceptors (Lipinski definition) is 4. The van der Waals surface area contributed by atoms with Crippen molar-refractivity contribution in [2.75, 3.05) is 18.9 Å². The highest BCUT2D eigenvalue weighted by Crippen LogP contribution is 2.25. The summed E-state index contributed by atoms with van der Waals surface area (Å²) in [7, 11) is 0. The number of carbonyl (C=O) groups is 1. The molecule has 3 N–H and O–H groups in total. The second-order valence-corrected chi connectivity index (χ2v) is 4.42. The zero-order chi connectivity index (χ0) is 13.8. The van der Waals surface area contributed by atoms with Gasteiger partial charge >= 0.3 is 6.09 Å². The van der Waals surface area contributed by atoms with Crippen LogP contribution < -0.4 is 10.5 Å². The number of benzene rings is 1. The summed E-state index contributed by atoms with van der Waals surface area (Å²) >= 11 is 0.